The zero-order valence-corrected chi connectivity index (χ0v) is 11.3. The van der Waals surface area contributed by atoms with Gasteiger partial charge in [-0.05, 0) is 35.9 Å². The third-order valence-electron chi connectivity index (χ3n) is 2.78. The molecule has 0 N–H and O–H groups in total. The molecular formula is C15H10FN3O3. The number of halogens is 1. The van der Waals surface area contributed by atoms with Crippen molar-refractivity contribution in [3.8, 4) is 0 Å². The number of carbonyl (C=O) groups excluding carboxylic acids is 2. The molecule has 0 fully saturated rings. The van der Waals surface area contributed by atoms with Gasteiger partial charge >= 0.3 is 5.97 Å². The largest absolute Gasteiger partial charge is 0.454 e. The predicted octanol–water partition coefficient (Wildman–Crippen LogP) is 3.81. The fraction of sp³-hybridized carbons (Fsp3) is 0.0667. The zero-order valence-electron chi connectivity index (χ0n) is 11.3. The third-order valence-corrected chi connectivity index (χ3v) is 2.78. The van der Waals surface area contributed by atoms with Crippen LogP contribution in [0.3, 0.4) is 0 Å². The van der Waals surface area contributed by atoms with Gasteiger partial charge in [-0.15, -0.1) is 0 Å². The first-order valence-corrected chi connectivity index (χ1v) is 6.22. The molecular weight excluding hydrogens is 289 g/mol. The van der Waals surface area contributed by atoms with Crippen LogP contribution < -0.4 is 0 Å². The Kier molecular flexibility index (Phi) is 4.85. The minimum absolute atomic E-state index is 0.0622. The normalized spacial score (nSPS) is 9.68. The monoisotopic (exact) mass is 299 g/mol. The summed E-state index contributed by atoms with van der Waals surface area (Å²) in [7, 11) is 0. The standard InChI is InChI=1S/C15H10FN3O3/c16-11-7-5-10(6-8-11)14(20)9-22-15(21)12-3-1-2-4-13(12)18-19-17/h1-8H,9H2. The van der Waals surface area contributed by atoms with E-state index < -0.39 is 24.2 Å². The van der Waals surface area contributed by atoms with Crippen molar-refractivity contribution in [3.05, 3.63) is 75.9 Å². The van der Waals surface area contributed by atoms with Crippen LogP contribution in [-0.2, 0) is 4.74 Å². The molecule has 2 aromatic carbocycles. The number of benzene rings is 2. The molecule has 2 rings (SSSR count). The van der Waals surface area contributed by atoms with Gasteiger partial charge in [0.15, 0.2) is 12.4 Å². The van der Waals surface area contributed by atoms with Crippen LogP contribution >= 0.6 is 0 Å². The van der Waals surface area contributed by atoms with E-state index in [0.29, 0.717) is 0 Å². The van der Waals surface area contributed by atoms with E-state index in [0.717, 1.165) is 12.1 Å². The van der Waals surface area contributed by atoms with Gasteiger partial charge in [-0.3, -0.25) is 4.79 Å². The molecule has 110 valence electrons. The van der Waals surface area contributed by atoms with Crippen LogP contribution in [0.15, 0.2) is 53.6 Å². The number of rotatable bonds is 5. The molecule has 2 aromatic rings. The zero-order chi connectivity index (χ0) is 15.9. The lowest BCUT2D eigenvalue weighted by Crippen LogP contribution is -2.14. The van der Waals surface area contributed by atoms with Gasteiger partial charge in [0.2, 0.25) is 0 Å². The molecule has 0 bridgehead atoms. The van der Waals surface area contributed by atoms with E-state index in [1.807, 2.05) is 0 Å². The molecule has 0 amide bonds. The highest BCUT2D eigenvalue weighted by atomic mass is 19.1. The van der Waals surface area contributed by atoms with Crippen molar-refractivity contribution in [2.24, 2.45) is 5.11 Å². The minimum Gasteiger partial charge on any atom is -0.454 e. The molecule has 0 atom stereocenters. The van der Waals surface area contributed by atoms with Crippen LogP contribution in [0.25, 0.3) is 10.4 Å². The molecule has 22 heavy (non-hydrogen) atoms. The molecule has 0 aromatic heterocycles. The lowest BCUT2D eigenvalue weighted by Gasteiger charge is -2.06. The van der Waals surface area contributed by atoms with E-state index in [1.165, 1.54) is 24.3 Å². The maximum Gasteiger partial charge on any atom is 0.339 e. The van der Waals surface area contributed by atoms with Gasteiger partial charge in [0, 0.05) is 10.5 Å². The van der Waals surface area contributed by atoms with E-state index >= 15 is 0 Å². The predicted molar refractivity (Wildman–Crippen MR) is 76.3 cm³/mol. The number of ether oxygens (including phenoxy) is 1. The summed E-state index contributed by atoms with van der Waals surface area (Å²) in [6.07, 6.45) is 0. The molecule has 0 heterocycles. The topological polar surface area (TPSA) is 92.1 Å². The van der Waals surface area contributed by atoms with Gasteiger partial charge in [-0.1, -0.05) is 23.3 Å². The Morgan fingerprint density at radius 3 is 2.50 bits per heavy atom. The Labute approximate surface area is 124 Å². The highest BCUT2D eigenvalue weighted by Crippen LogP contribution is 2.19. The van der Waals surface area contributed by atoms with E-state index in [-0.39, 0.29) is 16.8 Å². The molecule has 0 unspecified atom stereocenters. The van der Waals surface area contributed by atoms with Crippen LogP contribution in [0.5, 0.6) is 0 Å². The SMILES string of the molecule is [N-]=[N+]=Nc1ccccc1C(=O)OCC(=O)c1ccc(F)cc1. The quantitative estimate of drug-likeness (QED) is 0.276. The number of carbonyl (C=O) groups is 2. The molecule has 0 aliphatic rings. The van der Waals surface area contributed by atoms with Crippen molar-refractivity contribution >= 4 is 17.4 Å². The summed E-state index contributed by atoms with van der Waals surface area (Å²) in [6, 6.07) is 11.0. The Morgan fingerprint density at radius 2 is 1.82 bits per heavy atom. The van der Waals surface area contributed by atoms with Gasteiger partial charge in [0.05, 0.1) is 11.3 Å². The molecule has 0 saturated heterocycles. The summed E-state index contributed by atoms with van der Waals surface area (Å²) in [5.41, 5.74) is 8.85. The number of azide groups is 1. The van der Waals surface area contributed by atoms with Crippen LogP contribution in [0.4, 0.5) is 10.1 Å². The fourth-order valence-electron chi connectivity index (χ4n) is 1.71. The Morgan fingerprint density at radius 1 is 1.14 bits per heavy atom. The van der Waals surface area contributed by atoms with E-state index in [4.69, 9.17) is 10.3 Å². The van der Waals surface area contributed by atoms with Crippen molar-refractivity contribution < 1.29 is 18.7 Å². The Hall–Kier alpha value is -3.18. The maximum absolute atomic E-state index is 12.8. The summed E-state index contributed by atoms with van der Waals surface area (Å²) in [5.74, 6) is -1.70. The second-order valence-electron chi connectivity index (χ2n) is 4.21. The first-order valence-electron chi connectivity index (χ1n) is 6.22. The molecule has 0 spiro atoms. The minimum atomic E-state index is -0.779. The van der Waals surface area contributed by atoms with Gasteiger partial charge < -0.3 is 4.74 Å². The van der Waals surface area contributed by atoms with Crippen molar-refractivity contribution in [1.82, 2.24) is 0 Å². The van der Waals surface area contributed by atoms with E-state index in [1.54, 1.807) is 12.1 Å². The molecule has 0 aliphatic carbocycles. The first-order chi connectivity index (χ1) is 10.6. The maximum atomic E-state index is 12.8. The average molecular weight is 299 g/mol. The van der Waals surface area contributed by atoms with Crippen molar-refractivity contribution in [2.75, 3.05) is 6.61 Å². The summed E-state index contributed by atoms with van der Waals surface area (Å²) in [5, 5.41) is 3.38. The van der Waals surface area contributed by atoms with Gasteiger partial charge in [0.1, 0.15) is 5.82 Å². The van der Waals surface area contributed by atoms with E-state index in [9.17, 15) is 14.0 Å². The summed E-state index contributed by atoms with van der Waals surface area (Å²) < 4.78 is 17.7. The Bertz CT molecular complexity index is 753. The van der Waals surface area contributed by atoms with Gasteiger partial charge in [0.25, 0.3) is 0 Å². The third kappa shape index (κ3) is 3.68. The lowest BCUT2D eigenvalue weighted by atomic mass is 10.1. The second kappa shape index (κ2) is 7.01. The number of hydrogen-bond donors (Lipinski definition) is 0. The van der Waals surface area contributed by atoms with Gasteiger partial charge in [-0.25, -0.2) is 9.18 Å². The first kappa shape index (κ1) is 15.2. The van der Waals surface area contributed by atoms with Crippen molar-refractivity contribution in [2.45, 2.75) is 0 Å². The van der Waals surface area contributed by atoms with Crippen molar-refractivity contribution in [1.29, 1.82) is 0 Å². The second-order valence-corrected chi connectivity index (χ2v) is 4.21. The van der Waals surface area contributed by atoms with Crippen LogP contribution in [0, 0.1) is 5.82 Å². The van der Waals surface area contributed by atoms with E-state index in [2.05, 4.69) is 10.0 Å². The van der Waals surface area contributed by atoms with Crippen LogP contribution in [0.1, 0.15) is 20.7 Å². The number of Topliss-reactive ketones (excluding diaryl/α,β-unsaturated/α-hetero) is 1. The molecule has 6 nitrogen and oxygen atoms in total. The lowest BCUT2D eigenvalue weighted by molar-refractivity contribution is 0.0475. The smallest absolute Gasteiger partial charge is 0.339 e. The van der Waals surface area contributed by atoms with Crippen molar-refractivity contribution in [3.63, 3.8) is 0 Å². The van der Waals surface area contributed by atoms with Crippen LogP contribution in [-0.4, -0.2) is 18.4 Å². The fourth-order valence-corrected chi connectivity index (χ4v) is 1.71. The average Bonchev–Trinajstić information content (AvgIpc) is 2.54. The number of nitrogens with zero attached hydrogens (tertiary/aromatic N) is 3. The summed E-state index contributed by atoms with van der Waals surface area (Å²) in [6.45, 7) is -0.491. The molecule has 7 heteroatoms. The summed E-state index contributed by atoms with van der Waals surface area (Å²) in [4.78, 5) is 26.3. The number of esters is 1. The summed E-state index contributed by atoms with van der Waals surface area (Å²) >= 11 is 0. The molecule has 0 radical (unpaired) electrons. The highest BCUT2D eigenvalue weighted by molar-refractivity contribution is 6.00. The Balaban J connectivity index is 2.05. The number of hydrogen-bond acceptors (Lipinski definition) is 4. The molecule has 0 saturated carbocycles. The molecule has 0 aliphatic heterocycles. The number of ketones is 1. The van der Waals surface area contributed by atoms with Gasteiger partial charge in [-0.2, -0.15) is 0 Å². The van der Waals surface area contributed by atoms with Crippen LogP contribution in [0.2, 0.25) is 0 Å². The highest BCUT2D eigenvalue weighted by Gasteiger charge is 2.14.